The Morgan fingerprint density at radius 1 is 0.488 bits per heavy atom. The van der Waals surface area contributed by atoms with Crippen molar-refractivity contribution in [2.24, 2.45) is 0 Å². The minimum atomic E-state index is -0.668. The highest BCUT2D eigenvalue weighted by Crippen LogP contribution is 2.27. The summed E-state index contributed by atoms with van der Waals surface area (Å²) in [4.78, 5) is 24.2. The summed E-state index contributed by atoms with van der Waals surface area (Å²) in [7, 11) is 0. The molecule has 4 nitrogen and oxygen atoms in total. The highest BCUT2D eigenvalue weighted by molar-refractivity contribution is 5.74. The van der Waals surface area contributed by atoms with Gasteiger partial charge in [0.2, 0.25) is 0 Å². The molecule has 0 N–H and O–H groups in total. The summed E-state index contributed by atoms with van der Waals surface area (Å²) in [5.41, 5.74) is 1.79. The van der Waals surface area contributed by atoms with Crippen LogP contribution >= 0.6 is 0 Å². The standard InChI is InChI=1S/C33H28F4O4/c34-25-12-8-23(9-13-25)30-17-16-29(21-31(30)37)41-33(39)7-5-3-1-2-4-6-32(38)40-28-14-10-22(11-15-28)24-18-26(35)20-27(36)19-24/h8-21H,1-7H2. The van der Waals surface area contributed by atoms with Crippen molar-refractivity contribution in [3.8, 4) is 33.8 Å². The number of esters is 2. The van der Waals surface area contributed by atoms with Crippen LogP contribution in [0.25, 0.3) is 22.3 Å². The summed E-state index contributed by atoms with van der Waals surface area (Å²) in [6, 6.07) is 19.2. The number of carbonyl (C=O) groups excluding carboxylic acids is 2. The molecule has 0 saturated heterocycles. The first-order chi connectivity index (χ1) is 19.8. The van der Waals surface area contributed by atoms with E-state index in [0.29, 0.717) is 35.3 Å². The smallest absolute Gasteiger partial charge is 0.311 e. The quantitative estimate of drug-likeness (QED) is 0.0747. The second-order valence-corrected chi connectivity index (χ2v) is 9.55. The van der Waals surface area contributed by atoms with Crippen molar-refractivity contribution in [1.82, 2.24) is 0 Å². The molecule has 0 saturated carbocycles. The van der Waals surface area contributed by atoms with E-state index in [1.54, 1.807) is 24.3 Å². The van der Waals surface area contributed by atoms with Gasteiger partial charge in [-0.2, -0.15) is 0 Å². The first-order valence-electron chi connectivity index (χ1n) is 13.3. The number of halogens is 4. The van der Waals surface area contributed by atoms with E-state index >= 15 is 0 Å². The Bertz CT molecular complexity index is 1460. The lowest BCUT2D eigenvalue weighted by Gasteiger charge is -2.08. The van der Waals surface area contributed by atoms with Crippen molar-refractivity contribution in [2.75, 3.05) is 0 Å². The van der Waals surface area contributed by atoms with Crippen molar-refractivity contribution in [3.05, 3.63) is 108 Å². The predicted molar refractivity (Wildman–Crippen MR) is 147 cm³/mol. The van der Waals surface area contributed by atoms with Crippen LogP contribution in [0.4, 0.5) is 17.6 Å². The highest BCUT2D eigenvalue weighted by atomic mass is 19.1. The van der Waals surface area contributed by atoms with Crippen molar-refractivity contribution >= 4 is 11.9 Å². The molecule has 0 spiro atoms. The summed E-state index contributed by atoms with van der Waals surface area (Å²) >= 11 is 0. The zero-order chi connectivity index (χ0) is 29.2. The second kappa shape index (κ2) is 14.3. The zero-order valence-corrected chi connectivity index (χ0v) is 22.2. The van der Waals surface area contributed by atoms with E-state index in [1.807, 2.05) is 0 Å². The van der Waals surface area contributed by atoms with E-state index in [0.717, 1.165) is 31.4 Å². The third-order valence-electron chi connectivity index (χ3n) is 6.37. The minimum absolute atomic E-state index is 0.106. The van der Waals surface area contributed by atoms with Crippen molar-refractivity contribution < 1.29 is 36.6 Å². The SMILES string of the molecule is O=C(CCCCCCCC(=O)Oc1ccc(-c2ccc(F)cc2)c(F)c1)Oc1ccc(-c2cc(F)cc(F)c2)cc1. The third kappa shape index (κ3) is 9.03. The number of unbranched alkanes of at least 4 members (excludes halogenated alkanes) is 4. The Kier molecular flexibility index (Phi) is 10.3. The van der Waals surface area contributed by atoms with Crippen LogP contribution in [0.15, 0.2) is 84.9 Å². The molecule has 0 amide bonds. The zero-order valence-electron chi connectivity index (χ0n) is 22.2. The Hall–Kier alpha value is -4.46. The molecule has 0 radical (unpaired) electrons. The molecule has 0 aromatic heterocycles. The maximum Gasteiger partial charge on any atom is 0.311 e. The largest absolute Gasteiger partial charge is 0.427 e. The first-order valence-corrected chi connectivity index (χ1v) is 13.3. The monoisotopic (exact) mass is 564 g/mol. The average Bonchev–Trinajstić information content (AvgIpc) is 2.93. The van der Waals surface area contributed by atoms with Gasteiger partial charge >= 0.3 is 11.9 Å². The molecule has 41 heavy (non-hydrogen) atoms. The van der Waals surface area contributed by atoms with Gasteiger partial charge in [-0.1, -0.05) is 43.5 Å². The van der Waals surface area contributed by atoms with Gasteiger partial charge in [-0.15, -0.1) is 0 Å². The summed E-state index contributed by atoms with van der Waals surface area (Å²) < 4.78 is 64.9. The maximum absolute atomic E-state index is 14.5. The van der Waals surface area contributed by atoms with Gasteiger partial charge in [-0.25, -0.2) is 17.6 Å². The van der Waals surface area contributed by atoms with E-state index in [9.17, 15) is 27.2 Å². The number of benzene rings is 4. The van der Waals surface area contributed by atoms with E-state index in [1.165, 1.54) is 48.5 Å². The summed E-state index contributed by atoms with van der Waals surface area (Å²) in [5, 5.41) is 0. The van der Waals surface area contributed by atoms with Crippen LogP contribution in [-0.4, -0.2) is 11.9 Å². The lowest BCUT2D eigenvalue weighted by Crippen LogP contribution is -2.08. The lowest BCUT2D eigenvalue weighted by molar-refractivity contribution is -0.135. The number of carbonyl (C=O) groups is 2. The Balaban J connectivity index is 1.09. The van der Waals surface area contributed by atoms with E-state index in [4.69, 9.17) is 9.47 Å². The number of rotatable bonds is 12. The van der Waals surface area contributed by atoms with Crippen molar-refractivity contribution in [3.63, 3.8) is 0 Å². The van der Waals surface area contributed by atoms with Crippen LogP contribution in [0.1, 0.15) is 44.9 Å². The van der Waals surface area contributed by atoms with Gasteiger partial charge in [0.15, 0.2) is 0 Å². The minimum Gasteiger partial charge on any atom is -0.427 e. The summed E-state index contributed by atoms with van der Waals surface area (Å²) in [6.45, 7) is 0. The molecule has 0 atom stereocenters. The van der Waals surface area contributed by atoms with Gasteiger partial charge in [0.05, 0.1) is 0 Å². The fourth-order valence-corrected chi connectivity index (χ4v) is 4.29. The molecule has 212 valence electrons. The molecular weight excluding hydrogens is 536 g/mol. The van der Waals surface area contributed by atoms with Crippen LogP contribution in [-0.2, 0) is 9.59 Å². The van der Waals surface area contributed by atoms with Crippen LogP contribution in [0.3, 0.4) is 0 Å². The number of hydrogen-bond donors (Lipinski definition) is 0. The molecule has 8 heteroatoms. The van der Waals surface area contributed by atoms with E-state index in [2.05, 4.69) is 0 Å². The fraction of sp³-hybridized carbons (Fsp3) is 0.212. The van der Waals surface area contributed by atoms with Gasteiger partial charge in [0.25, 0.3) is 0 Å². The van der Waals surface area contributed by atoms with Gasteiger partial charge in [-0.3, -0.25) is 9.59 Å². The molecule has 0 bridgehead atoms. The van der Waals surface area contributed by atoms with Crippen LogP contribution in [0.2, 0.25) is 0 Å². The molecule has 0 aliphatic carbocycles. The Morgan fingerprint density at radius 2 is 1.00 bits per heavy atom. The van der Waals surface area contributed by atoms with Crippen LogP contribution in [0.5, 0.6) is 11.5 Å². The number of hydrogen-bond acceptors (Lipinski definition) is 4. The first kappa shape index (κ1) is 29.5. The van der Waals surface area contributed by atoms with Crippen LogP contribution < -0.4 is 9.47 Å². The molecule has 0 fully saturated rings. The normalized spacial score (nSPS) is 10.8. The number of ether oxygens (including phenoxy) is 2. The van der Waals surface area contributed by atoms with Gasteiger partial charge in [0.1, 0.15) is 34.8 Å². The molecule has 4 rings (SSSR count). The topological polar surface area (TPSA) is 52.6 Å². The van der Waals surface area contributed by atoms with Gasteiger partial charge in [0, 0.05) is 30.5 Å². The van der Waals surface area contributed by atoms with Crippen molar-refractivity contribution in [1.29, 1.82) is 0 Å². The summed E-state index contributed by atoms with van der Waals surface area (Å²) in [5.74, 6) is -2.71. The summed E-state index contributed by atoms with van der Waals surface area (Å²) in [6.07, 6.45) is 4.01. The molecule has 0 aliphatic rings. The molecule has 0 heterocycles. The Labute approximate surface area is 235 Å². The predicted octanol–water partition coefficient (Wildman–Crippen LogP) is 8.82. The Morgan fingerprint density at radius 3 is 1.59 bits per heavy atom. The second-order valence-electron chi connectivity index (χ2n) is 9.55. The maximum atomic E-state index is 14.5. The van der Waals surface area contributed by atoms with Crippen LogP contribution in [0, 0.1) is 23.3 Å². The molecular formula is C33H28F4O4. The molecule has 4 aromatic carbocycles. The fourth-order valence-electron chi connectivity index (χ4n) is 4.29. The molecule has 0 aliphatic heterocycles. The lowest BCUT2D eigenvalue weighted by atomic mass is 10.1. The molecule has 4 aromatic rings. The van der Waals surface area contributed by atoms with E-state index < -0.39 is 29.2 Å². The van der Waals surface area contributed by atoms with Gasteiger partial charge in [-0.05, 0) is 78.1 Å². The van der Waals surface area contributed by atoms with Gasteiger partial charge < -0.3 is 9.47 Å². The third-order valence-corrected chi connectivity index (χ3v) is 6.37. The van der Waals surface area contributed by atoms with Crippen molar-refractivity contribution in [2.45, 2.75) is 44.9 Å². The van der Waals surface area contributed by atoms with E-state index in [-0.39, 0.29) is 30.1 Å². The molecule has 0 unspecified atom stereocenters. The average molecular weight is 565 g/mol. The highest BCUT2D eigenvalue weighted by Gasteiger charge is 2.11.